The summed E-state index contributed by atoms with van der Waals surface area (Å²) in [5.74, 6) is 0. The van der Waals surface area contributed by atoms with Crippen molar-refractivity contribution in [3.63, 3.8) is 0 Å². The SMILES string of the molecule is [O-]C(O)Cn1nc2ccc(Cl)cc2n1.[Rb+]. The van der Waals surface area contributed by atoms with Crippen molar-refractivity contribution in [1.82, 2.24) is 15.0 Å². The minimum absolute atomic E-state index is 0. The van der Waals surface area contributed by atoms with E-state index in [0.717, 1.165) is 0 Å². The number of nitrogens with zero attached hydrogens (tertiary/aromatic N) is 3. The summed E-state index contributed by atoms with van der Waals surface area (Å²) >= 11 is 5.75. The van der Waals surface area contributed by atoms with Crippen molar-refractivity contribution in [3.8, 4) is 0 Å². The van der Waals surface area contributed by atoms with Crippen LogP contribution in [0.25, 0.3) is 11.0 Å². The Morgan fingerprint density at radius 1 is 1.40 bits per heavy atom. The number of halogens is 1. The molecular weight excluding hydrogens is 291 g/mol. The van der Waals surface area contributed by atoms with Crippen LogP contribution in [-0.2, 0) is 6.54 Å². The molecule has 2 aromatic rings. The van der Waals surface area contributed by atoms with E-state index in [2.05, 4.69) is 10.2 Å². The maximum absolute atomic E-state index is 10.5. The smallest absolute Gasteiger partial charge is 0.830 e. The fourth-order valence-electron chi connectivity index (χ4n) is 1.15. The molecule has 0 aliphatic heterocycles. The van der Waals surface area contributed by atoms with Crippen molar-refractivity contribution in [2.75, 3.05) is 0 Å². The van der Waals surface area contributed by atoms with Gasteiger partial charge in [-0.25, -0.2) is 0 Å². The minimum Gasteiger partial charge on any atom is -0.830 e. The van der Waals surface area contributed by atoms with Crippen LogP contribution in [0.3, 0.4) is 0 Å². The van der Waals surface area contributed by atoms with Crippen LogP contribution in [0.1, 0.15) is 0 Å². The molecule has 7 heteroatoms. The van der Waals surface area contributed by atoms with E-state index in [0.29, 0.717) is 16.1 Å². The Labute approximate surface area is 140 Å². The summed E-state index contributed by atoms with van der Waals surface area (Å²) in [6.45, 7) is -0.160. The standard InChI is InChI=1S/C8H7ClN3O2.Rb/c9-5-1-2-6-7(3-5)11-12(10-6)4-8(13)14;/h1-3,8,13H,4H2;/q-1;+1. The van der Waals surface area contributed by atoms with E-state index in [1.807, 2.05) is 0 Å². The number of hydrogen-bond acceptors (Lipinski definition) is 4. The monoisotopic (exact) mass is 297 g/mol. The fourth-order valence-corrected chi connectivity index (χ4v) is 1.32. The summed E-state index contributed by atoms with van der Waals surface area (Å²) in [6.07, 6.45) is -1.70. The number of aliphatic hydroxyl groups excluding tert-OH is 1. The molecule has 0 fully saturated rings. The van der Waals surface area contributed by atoms with E-state index >= 15 is 0 Å². The van der Waals surface area contributed by atoms with Crippen LogP contribution >= 0.6 is 11.6 Å². The van der Waals surface area contributed by atoms with Gasteiger partial charge in [0, 0.05) is 5.02 Å². The van der Waals surface area contributed by atoms with Gasteiger partial charge in [0.25, 0.3) is 0 Å². The van der Waals surface area contributed by atoms with Crippen molar-refractivity contribution in [2.24, 2.45) is 0 Å². The Morgan fingerprint density at radius 2 is 2.07 bits per heavy atom. The normalized spacial score (nSPS) is 12.5. The first kappa shape index (κ1) is 13.7. The number of hydrogen-bond donors (Lipinski definition) is 1. The summed E-state index contributed by atoms with van der Waals surface area (Å²) < 4.78 is 0. The molecule has 5 nitrogen and oxygen atoms in total. The third-order valence-corrected chi connectivity index (χ3v) is 1.94. The zero-order valence-electron chi connectivity index (χ0n) is 8.09. The first-order chi connectivity index (χ1) is 6.65. The molecule has 0 aliphatic carbocycles. The molecule has 15 heavy (non-hydrogen) atoms. The maximum atomic E-state index is 10.5. The second-order valence-corrected chi connectivity index (χ2v) is 3.28. The van der Waals surface area contributed by atoms with Crippen LogP contribution in [-0.4, -0.2) is 26.4 Å². The minimum atomic E-state index is -1.70. The van der Waals surface area contributed by atoms with Gasteiger partial charge in [-0.1, -0.05) is 11.6 Å². The number of rotatable bonds is 2. The fraction of sp³-hybridized carbons (Fsp3) is 0.250. The van der Waals surface area contributed by atoms with Crippen molar-refractivity contribution in [3.05, 3.63) is 23.2 Å². The van der Waals surface area contributed by atoms with Gasteiger partial charge in [-0.15, -0.1) is 0 Å². The molecule has 0 aliphatic rings. The topological polar surface area (TPSA) is 74.0 Å². The second kappa shape index (κ2) is 5.81. The van der Waals surface area contributed by atoms with Gasteiger partial charge in [0.15, 0.2) is 0 Å². The number of benzene rings is 1. The van der Waals surface area contributed by atoms with E-state index in [-0.39, 0.29) is 64.7 Å². The van der Waals surface area contributed by atoms with Crippen LogP contribution in [0.4, 0.5) is 0 Å². The maximum Gasteiger partial charge on any atom is 1.00 e. The molecule has 1 aromatic carbocycles. The van der Waals surface area contributed by atoms with Gasteiger partial charge >= 0.3 is 58.2 Å². The Morgan fingerprint density at radius 3 is 2.73 bits per heavy atom. The van der Waals surface area contributed by atoms with Crippen LogP contribution in [0.15, 0.2) is 18.2 Å². The molecule has 1 N–H and O–H groups in total. The Bertz CT molecular complexity index is 460. The molecule has 2 rings (SSSR count). The van der Waals surface area contributed by atoms with Gasteiger partial charge in [0.2, 0.25) is 0 Å². The van der Waals surface area contributed by atoms with Crippen molar-refractivity contribution in [2.45, 2.75) is 12.8 Å². The first-order valence-electron chi connectivity index (χ1n) is 3.99. The van der Waals surface area contributed by atoms with Gasteiger partial charge in [-0.2, -0.15) is 15.0 Å². The van der Waals surface area contributed by atoms with Crippen molar-refractivity contribution in [1.29, 1.82) is 0 Å². The van der Waals surface area contributed by atoms with Crippen molar-refractivity contribution >= 4 is 22.6 Å². The van der Waals surface area contributed by atoms with Crippen LogP contribution in [0, 0.1) is 0 Å². The molecule has 1 unspecified atom stereocenters. The molecule has 0 spiro atoms. The van der Waals surface area contributed by atoms with Gasteiger partial charge in [0.05, 0.1) is 6.54 Å². The van der Waals surface area contributed by atoms with Crippen LogP contribution in [0.2, 0.25) is 5.02 Å². The number of aliphatic hydroxyl groups is 1. The molecule has 0 radical (unpaired) electrons. The van der Waals surface area contributed by atoms with E-state index in [1.54, 1.807) is 18.2 Å². The molecule has 0 saturated heterocycles. The summed E-state index contributed by atoms with van der Waals surface area (Å²) in [5, 5.41) is 27.6. The number of aromatic nitrogens is 3. The Balaban J connectivity index is 0.00000112. The van der Waals surface area contributed by atoms with E-state index in [1.165, 1.54) is 4.80 Å². The van der Waals surface area contributed by atoms with Gasteiger partial charge in [0.1, 0.15) is 11.0 Å². The summed E-state index contributed by atoms with van der Waals surface area (Å²) in [7, 11) is 0. The summed E-state index contributed by atoms with van der Waals surface area (Å²) in [6, 6.07) is 5.05. The first-order valence-corrected chi connectivity index (χ1v) is 4.37. The van der Waals surface area contributed by atoms with Crippen LogP contribution < -0.4 is 63.3 Å². The molecule has 1 heterocycles. The zero-order chi connectivity index (χ0) is 10.1. The molecule has 1 atom stereocenters. The summed E-state index contributed by atoms with van der Waals surface area (Å²) in [5.41, 5.74) is 1.26. The largest absolute Gasteiger partial charge is 1.00 e. The predicted molar refractivity (Wildman–Crippen MR) is 48.5 cm³/mol. The second-order valence-electron chi connectivity index (χ2n) is 2.84. The van der Waals surface area contributed by atoms with Crippen LogP contribution in [0.5, 0.6) is 0 Å². The van der Waals surface area contributed by atoms with E-state index < -0.39 is 6.29 Å². The third-order valence-electron chi connectivity index (χ3n) is 1.70. The average molecular weight is 298 g/mol. The van der Waals surface area contributed by atoms with E-state index in [9.17, 15) is 5.11 Å². The Hall–Kier alpha value is 0.635. The zero-order valence-corrected chi connectivity index (χ0v) is 13.8. The molecule has 1 aromatic heterocycles. The number of fused-ring (bicyclic) bond motifs is 1. The third kappa shape index (κ3) is 3.56. The molecular formula is C8H7ClN3O2Rb. The Kier molecular flexibility index (Phi) is 5.31. The molecule has 0 saturated carbocycles. The van der Waals surface area contributed by atoms with Gasteiger partial charge < -0.3 is 10.2 Å². The van der Waals surface area contributed by atoms with Gasteiger partial charge in [-0.05, 0) is 24.5 Å². The van der Waals surface area contributed by atoms with Gasteiger partial charge in [-0.3, -0.25) is 0 Å². The quantitative estimate of drug-likeness (QED) is 0.592. The predicted octanol–water partition coefficient (Wildman–Crippen LogP) is -3.23. The van der Waals surface area contributed by atoms with E-state index in [4.69, 9.17) is 16.7 Å². The molecule has 0 bridgehead atoms. The summed E-state index contributed by atoms with van der Waals surface area (Å²) in [4.78, 5) is 1.17. The molecule has 74 valence electrons. The van der Waals surface area contributed by atoms with Crippen molar-refractivity contribution < 1.29 is 68.4 Å². The molecule has 0 amide bonds. The average Bonchev–Trinajstić information content (AvgIpc) is 2.44.